The molecule has 18 heavy (non-hydrogen) atoms. The van der Waals surface area contributed by atoms with E-state index in [9.17, 15) is 0 Å². The summed E-state index contributed by atoms with van der Waals surface area (Å²) in [6, 6.07) is 9.38. The maximum absolute atomic E-state index is 8.84. The molecule has 0 amide bonds. The molecule has 1 N–H and O–H groups in total. The normalized spacial score (nSPS) is 10.5. The van der Waals surface area contributed by atoms with Gasteiger partial charge in [-0.05, 0) is 30.0 Å². The van der Waals surface area contributed by atoms with Crippen molar-refractivity contribution in [3.05, 3.63) is 28.8 Å². The second kappa shape index (κ2) is 6.28. The first-order chi connectivity index (χ1) is 8.48. The summed E-state index contributed by atoms with van der Waals surface area (Å²) in [6.45, 7) is 4.90. The van der Waals surface area contributed by atoms with Gasteiger partial charge < -0.3 is 5.32 Å². The zero-order valence-corrected chi connectivity index (χ0v) is 11.4. The minimum absolute atomic E-state index is 0.0156. The number of hydrogen-bond acceptors (Lipinski definition) is 3. The van der Waals surface area contributed by atoms with E-state index in [0.717, 1.165) is 12.1 Å². The molecule has 0 bridgehead atoms. The maximum Gasteiger partial charge on any atom is 0.0992 e. The highest BCUT2D eigenvalue weighted by Gasteiger charge is 2.17. The Hall–Kier alpha value is -1.71. The molecule has 1 rings (SSSR count). The third kappa shape index (κ3) is 4.28. The number of benzene rings is 1. The van der Waals surface area contributed by atoms with E-state index >= 15 is 0 Å². The fourth-order valence-corrected chi connectivity index (χ4v) is 1.73. The molecule has 0 aliphatic carbocycles. The van der Waals surface area contributed by atoms with E-state index in [0.29, 0.717) is 23.6 Å². The summed E-state index contributed by atoms with van der Waals surface area (Å²) >= 11 is 6.06. The Morgan fingerprint density at radius 2 is 2.06 bits per heavy atom. The van der Waals surface area contributed by atoms with Gasteiger partial charge in [-0.1, -0.05) is 25.4 Å². The molecule has 0 saturated heterocycles. The van der Waals surface area contributed by atoms with Crippen LogP contribution >= 0.6 is 11.6 Å². The Morgan fingerprint density at radius 3 is 2.67 bits per heavy atom. The van der Waals surface area contributed by atoms with Crippen molar-refractivity contribution in [3.8, 4) is 12.1 Å². The van der Waals surface area contributed by atoms with Gasteiger partial charge in [0.2, 0.25) is 0 Å². The van der Waals surface area contributed by atoms with Crippen LogP contribution in [0.2, 0.25) is 5.02 Å². The molecule has 0 heterocycles. The highest BCUT2D eigenvalue weighted by Crippen LogP contribution is 2.27. The zero-order chi connectivity index (χ0) is 13.6. The Kier molecular flexibility index (Phi) is 5.01. The quantitative estimate of drug-likeness (QED) is 0.873. The first-order valence-electron chi connectivity index (χ1n) is 5.79. The Bertz CT molecular complexity index is 495. The van der Waals surface area contributed by atoms with E-state index in [4.69, 9.17) is 22.1 Å². The summed E-state index contributed by atoms with van der Waals surface area (Å²) in [7, 11) is 0. The molecule has 1 aromatic rings. The third-order valence-electron chi connectivity index (χ3n) is 2.77. The summed E-state index contributed by atoms with van der Waals surface area (Å²) in [5.41, 5.74) is 1.36. The zero-order valence-electron chi connectivity index (χ0n) is 10.6. The van der Waals surface area contributed by atoms with Crippen molar-refractivity contribution in [3.63, 3.8) is 0 Å². The highest BCUT2D eigenvalue weighted by molar-refractivity contribution is 6.33. The smallest absolute Gasteiger partial charge is 0.0992 e. The van der Waals surface area contributed by atoms with Crippen LogP contribution in [0, 0.1) is 28.1 Å². The Morgan fingerprint density at radius 1 is 1.33 bits per heavy atom. The molecule has 0 aliphatic rings. The molecule has 0 atom stereocenters. The number of nitriles is 2. The van der Waals surface area contributed by atoms with Crippen LogP contribution in [0.15, 0.2) is 18.2 Å². The number of halogens is 1. The lowest BCUT2D eigenvalue weighted by Crippen LogP contribution is -2.23. The monoisotopic (exact) mass is 261 g/mol. The van der Waals surface area contributed by atoms with E-state index < -0.39 is 0 Å². The van der Waals surface area contributed by atoms with E-state index in [1.54, 1.807) is 18.2 Å². The predicted molar refractivity (Wildman–Crippen MR) is 73.3 cm³/mol. The minimum Gasteiger partial charge on any atom is -0.383 e. The number of nitrogens with zero attached hydrogens (tertiary/aromatic N) is 2. The fraction of sp³-hybridized carbons (Fsp3) is 0.429. The van der Waals surface area contributed by atoms with Crippen LogP contribution in [0.1, 0.15) is 32.3 Å². The molecule has 3 nitrogen and oxygen atoms in total. The number of hydrogen-bond donors (Lipinski definition) is 1. The summed E-state index contributed by atoms with van der Waals surface area (Å²) < 4.78 is 0. The van der Waals surface area contributed by atoms with Crippen LogP contribution in [0.4, 0.5) is 5.69 Å². The van der Waals surface area contributed by atoms with E-state index in [-0.39, 0.29) is 5.41 Å². The average Bonchev–Trinajstić information content (AvgIpc) is 2.35. The molecule has 0 radical (unpaired) electrons. The second-order valence-electron chi connectivity index (χ2n) is 4.98. The van der Waals surface area contributed by atoms with Crippen molar-refractivity contribution in [1.82, 2.24) is 0 Å². The minimum atomic E-state index is 0.0156. The summed E-state index contributed by atoms with van der Waals surface area (Å²) in [5, 5.41) is 21.3. The SMILES string of the molecule is CC(C)(CCC#N)CNc1cc(C#N)ccc1Cl. The van der Waals surface area contributed by atoms with Crippen LogP contribution in [0.3, 0.4) is 0 Å². The molecule has 0 unspecified atom stereocenters. The van der Waals surface area contributed by atoms with E-state index in [1.165, 1.54) is 0 Å². The first-order valence-corrected chi connectivity index (χ1v) is 6.17. The summed E-state index contributed by atoms with van der Waals surface area (Å²) in [5.74, 6) is 0. The van der Waals surface area contributed by atoms with Gasteiger partial charge >= 0.3 is 0 Å². The van der Waals surface area contributed by atoms with Crippen molar-refractivity contribution >= 4 is 17.3 Å². The number of nitrogens with one attached hydrogen (secondary N) is 1. The predicted octanol–water partition coefficient (Wildman–Crippen LogP) is 3.95. The van der Waals surface area contributed by atoms with Gasteiger partial charge in [0.1, 0.15) is 0 Å². The van der Waals surface area contributed by atoms with Gasteiger partial charge in [0.15, 0.2) is 0 Å². The van der Waals surface area contributed by atoms with Gasteiger partial charge in [-0.2, -0.15) is 10.5 Å². The topological polar surface area (TPSA) is 59.6 Å². The lowest BCUT2D eigenvalue weighted by molar-refractivity contribution is 0.364. The standard InChI is InChI=1S/C14H16ClN3/c1-14(2,6-3-7-16)10-18-13-8-11(9-17)4-5-12(13)15/h4-5,8,18H,3,6,10H2,1-2H3. The molecule has 0 spiro atoms. The third-order valence-corrected chi connectivity index (χ3v) is 3.10. The molecule has 4 heteroatoms. The lowest BCUT2D eigenvalue weighted by Gasteiger charge is -2.24. The van der Waals surface area contributed by atoms with Crippen LogP contribution in [0.25, 0.3) is 0 Å². The molecule has 94 valence electrons. The van der Waals surface area contributed by atoms with E-state index in [1.807, 2.05) is 0 Å². The molecule has 0 aromatic heterocycles. The lowest BCUT2D eigenvalue weighted by atomic mass is 9.88. The van der Waals surface area contributed by atoms with Crippen molar-refractivity contribution in [2.24, 2.45) is 5.41 Å². The average molecular weight is 262 g/mol. The van der Waals surface area contributed by atoms with Crippen molar-refractivity contribution in [2.45, 2.75) is 26.7 Å². The largest absolute Gasteiger partial charge is 0.383 e. The van der Waals surface area contributed by atoms with Crippen LogP contribution in [-0.2, 0) is 0 Å². The van der Waals surface area contributed by atoms with Gasteiger partial charge in [0, 0.05) is 13.0 Å². The van der Waals surface area contributed by atoms with Gasteiger partial charge in [0.05, 0.1) is 28.4 Å². The Balaban J connectivity index is 2.69. The highest BCUT2D eigenvalue weighted by atomic mass is 35.5. The summed E-state index contributed by atoms with van der Waals surface area (Å²) in [6.07, 6.45) is 1.37. The van der Waals surface area contributed by atoms with Crippen molar-refractivity contribution in [2.75, 3.05) is 11.9 Å². The second-order valence-corrected chi connectivity index (χ2v) is 5.39. The molecular weight excluding hydrogens is 246 g/mol. The Labute approximate surface area is 113 Å². The molecule has 0 saturated carbocycles. The van der Waals surface area contributed by atoms with Gasteiger partial charge in [0.25, 0.3) is 0 Å². The maximum atomic E-state index is 8.84. The van der Waals surface area contributed by atoms with E-state index in [2.05, 4.69) is 31.3 Å². The summed E-state index contributed by atoms with van der Waals surface area (Å²) in [4.78, 5) is 0. The van der Waals surface area contributed by atoms with Gasteiger partial charge in [-0.3, -0.25) is 0 Å². The number of anilines is 1. The number of rotatable bonds is 5. The van der Waals surface area contributed by atoms with Crippen molar-refractivity contribution < 1.29 is 0 Å². The van der Waals surface area contributed by atoms with Gasteiger partial charge in [-0.15, -0.1) is 0 Å². The first kappa shape index (κ1) is 14.4. The molecule has 0 aliphatic heterocycles. The molecular formula is C14H16ClN3. The van der Waals surface area contributed by atoms with Gasteiger partial charge in [-0.25, -0.2) is 0 Å². The fourth-order valence-electron chi connectivity index (χ4n) is 1.55. The molecule has 0 fully saturated rings. The molecule has 1 aromatic carbocycles. The van der Waals surface area contributed by atoms with Crippen LogP contribution in [-0.4, -0.2) is 6.54 Å². The van der Waals surface area contributed by atoms with Crippen LogP contribution in [0.5, 0.6) is 0 Å². The van der Waals surface area contributed by atoms with Crippen LogP contribution < -0.4 is 5.32 Å². The van der Waals surface area contributed by atoms with Crippen molar-refractivity contribution in [1.29, 1.82) is 10.5 Å².